The number of fused-ring (bicyclic) bond motifs is 1. The molecule has 5 atom stereocenters. The Bertz CT molecular complexity index is 494. The number of likely N-dealkylation sites (tertiary alicyclic amines) is 1. The van der Waals surface area contributed by atoms with Crippen LogP contribution in [0.2, 0.25) is 0 Å². The van der Waals surface area contributed by atoms with Crippen molar-refractivity contribution in [2.24, 2.45) is 17.3 Å². The van der Waals surface area contributed by atoms with Gasteiger partial charge in [-0.15, -0.1) is 0 Å². The maximum atomic E-state index is 12.9. The predicted molar refractivity (Wildman–Crippen MR) is 83.1 cm³/mol. The first-order chi connectivity index (χ1) is 10.6. The molecule has 22 heavy (non-hydrogen) atoms. The largest absolute Gasteiger partial charge is 0.351 e. The summed E-state index contributed by atoms with van der Waals surface area (Å²) in [5.41, 5.74) is -0.207. The lowest BCUT2D eigenvalue weighted by molar-refractivity contribution is -0.134. The molecule has 5 heteroatoms. The van der Waals surface area contributed by atoms with E-state index in [1.165, 1.54) is 6.42 Å². The molecule has 2 amide bonds. The van der Waals surface area contributed by atoms with E-state index in [0.717, 1.165) is 38.8 Å². The van der Waals surface area contributed by atoms with Crippen molar-refractivity contribution in [3.05, 3.63) is 0 Å². The minimum atomic E-state index is -0.207. The van der Waals surface area contributed by atoms with Gasteiger partial charge in [-0.05, 0) is 37.6 Å². The summed E-state index contributed by atoms with van der Waals surface area (Å²) in [5, 5.41) is 6.65. The van der Waals surface area contributed by atoms with Crippen LogP contribution in [0.5, 0.6) is 0 Å². The van der Waals surface area contributed by atoms with E-state index in [4.69, 9.17) is 0 Å². The van der Waals surface area contributed by atoms with Crippen LogP contribution in [0.25, 0.3) is 0 Å². The molecular formula is C17H27N3O2. The zero-order chi connectivity index (χ0) is 15.3. The average Bonchev–Trinajstić information content (AvgIpc) is 2.93. The number of hydrogen-bond donors (Lipinski definition) is 2. The third-order valence-corrected chi connectivity index (χ3v) is 6.45. The number of nitrogens with zero attached hydrogens (tertiary/aromatic N) is 1. The van der Waals surface area contributed by atoms with Crippen molar-refractivity contribution in [3.8, 4) is 0 Å². The molecule has 2 aliphatic heterocycles. The molecule has 2 N–H and O–H groups in total. The fourth-order valence-corrected chi connectivity index (χ4v) is 4.91. The first-order valence-electron chi connectivity index (χ1n) is 8.91. The lowest BCUT2D eigenvalue weighted by Gasteiger charge is -2.37. The van der Waals surface area contributed by atoms with Crippen molar-refractivity contribution in [1.29, 1.82) is 0 Å². The molecule has 0 bridgehead atoms. The predicted octanol–water partition coefficient (Wildman–Crippen LogP) is 0.892. The van der Waals surface area contributed by atoms with Crippen LogP contribution in [0.4, 0.5) is 0 Å². The summed E-state index contributed by atoms with van der Waals surface area (Å²) in [7, 11) is 0. The Morgan fingerprint density at radius 1 is 1.41 bits per heavy atom. The second kappa shape index (κ2) is 5.22. The molecule has 2 saturated carbocycles. The van der Waals surface area contributed by atoms with E-state index in [0.29, 0.717) is 30.8 Å². The Kier molecular flexibility index (Phi) is 3.44. The van der Waals surface area contributed by atoms with Gasteiger partial charge < -0.3 is 15.5 Å². The van der Waals surface area contributed by atoms with E-state index in [-0.39, 0.29) is 23.3 Å². The maximum Gasteiger partial charge on any atom is 0.228 e. The molecule has 0 aromatic heterocycles. The van der Waals surface area contributed by atoms with Crippen molar-refractivity contribution in [3.63, 3.8) is 0 Å². The summed E-state index contributed by atoms with van der Waals surface area (Å²) in [5.74, 6) is 1.55. The number of nitrogens with one attached hydrogen (secondary N) is 2. The van der Waals surface area contributed by atoms with E-state index >= 15 is 0 Å². The SMILES string of the molecule is CC1CC1N1CC(NC(=O)[C@@]23CCCC[C@H]2CNC3)CC1=O. The van der Waals surface area contributed by atoms with E-state index in [9.17, 15) is 9.59 Å². The fraction of sp³-hybridized carbons (Fsp3) is 0.882. The van der Waals surface area contributed by atoms with Gasteiger partial charge >= 0.3 is 0 Å². The second-order valence-corrected chi connectivity index (χ2v) is 7.93. The van der Waals surface area contributed by atoms with Crippen LogP contribution in [0, 0.1) is 17.3 Å². The van der Waals surface area contributed by atoms with Crippen molar-refractivity contribution in [2.75, 3.05) is 19.6 Å². The maximum absolute atomic E-state index is 12.9. The lowest BCUT2D eigenvalue weighted by Crippen LogP contribution is -2.51. The second-order valence-electron chi connectivity index (χ2n) is 7.93. The summed E-state index contributed by atoms with van der Waals surface area (Å²) in [4.78, 5) is 27.1. The van der Waals surface area contributed by atoms with Gasteiger partial charge in [0.05, 0.1) is 11.5 Å². The van der Waals surface area contributed by atoms with Crippen molar-refractivity contribution in [1.82, 2.24) is 15.5 Å². The first-order valence-corrected chi connectivity index (χ1v) is 8.91. The van der Waals surface area contributed by atoms with Crippen LogP contribution in [0.1, 0.15) is 45.4 Å². The van der Waals surface area contributed by atoms with Gasteiger partial charge in [0, 0.05) is 25.6 Å². The van der Waals surface area contributed by atoms with Gasteiger partial charge in [0.25, 0.3) is 0 Å². The van der Waals surface area contributed by atoms with Crippen molar-refractivity contribution in [2.45, 2.75) is 57.5 Å². The van der Waals surface area contributed by atoms with Gasteiger partial charge in [0.1, 0.15) is 0 Å². The fourth-order valence-electron chi connectivity index (χ4n) is 4.91. The molecule has 3 unspecified atom stereocenters. The minimum absolute atomic E-state index is 0.0188. The summed E-state index contributed by atoms with van der Waals surface area (Å²) < 4.78 is 0. The Balaban J connectivity index is 1.41. The normalized spacial score (nSPS) is 44.0. The monoisotopic (exact) mass is 305 g/mol. The van der Waals surface area contributed by atoms with Gasteiger partial charge in [-0.1, -0.05) is 19.8 Å². The molecule has 4 aliphatic rings. The van der Waals surface area contributed by atoms with Crippen LogP contribution in [-0.2, 0) is 9.59 Å². The van der Waals surface area contributed by atoms with Crippen LogP contribution in [0.15, 0.2) is 0 Å². The molecule has 0 spiro atoms. The molecule has 0 aromatic carbocycles. The van der Waals surface area contributed by atoms with Gasteiger partial charge in [0.2, 0.25) is 11.8 Å². The Labute approximate surface area is 132 Å². The molecule has 122 valence electrons. The number of amides is 2. The van der Waals surface area contributed by atoms with Gasteiger partial charge in [0.15, 0.2) is 0 Å². The van der Waals surface area contributed by atoms with E-state index in [2.05, 4.69) is 17.6 Å². The molecule has 2 heterocycles. The molecule has 2 saturated heterocycles. The molecule has 0 aromatic rings. The van der Waals surface area contributed by atoms with Crippen molar-refractivity contribution < 1.29 is 9.59 Å². The molecule has 2 aliphatic carbocycles. The minimum Gasteiger partial charge on any atom is -0.351 e. The quantitative estimate of drug-likeness (QED) is 0.814. The standard InChI is InChI=1S/C17H27N3O2/c1-11-6-14(11)20-9-13(7-15(20)21)19-16(22)17-5-3-2-4-12(17)8-18-10-17/h11-14,18H,2-10H2,1H3,(H,19,22)/t11?,12-,13?,14?,17+/m0/s1. The summed E-state index contributed by atoms with van der Waals surface area (Å²) >= 11 is 0. The molecule has 4 rings (SSSR count). The number of carbonyl (C=O) groups is 2. The summed E-state index contributed by atoms with van der Waals surface area (Å²) in [6, 6.07) is 0.452. The highest BCUT2D eigenvalue weighted by molar-refractivity contribution is 5.86. The molecular weight excluding hydrogens is 278 g/mol. The third kappa shape index (κ3) is 2.25. The summed E-state index contributed by atoms with van der Waals surface area (Å²) in [6.45, 7) is 4.70. The van der Waals surface area contributed by atoms with Gasteiger partial charge in [-0.3, -0.25) is 9.59 Å². The van der Waals surface area contributed by atoms with Crippen LogP contribution in [-0.4, -0.2) is 48.4 Å². The van der Waals surface area contributed by atoms with Gasteiger partial charge in [-0.25, -0.2) is 0 Å². The Hall–Kier alpha value is -1.10. The smallest absolute Gasteiger partial charge is 0.228 e. The zero-order valence-electron chi connectivity index (χ0n) is 13.4. The molecule has 5 nitrogen and oxygen atoms in total. The number of hydrogen-bond acceptors (Lipinski definition) is 3. The number of rotatable bonds is 3. The topological polar surface area (TPSA) is 61.4 Å². The zero-order valence-corrected chi connectivity index (χ0v) is 13.4. The van der Waals surface area contributed by atoms with Crippen molar-refractivity contribution >= 4 is 11.8 Å². The highest BCUT2D eigenvalue weighted by Crippen LogP contribution is 2.44. The van der Waals surface area contributed by atoms with E-state index < -0.39 is 0 Å². The van der Waals surface area contributed by atoms with Gasteiger partial charge in [-0.2, -0.15) is 0 Å². The molecule has 0 radical (unpaired) electrons. The number of carbonyl (C=O) groups excluding carboxylic acids is 2. The first kappa shape index (κ1) is 14.5. The van der Waals surface area contributed by atoms with Crippen LogP contribution < -0.4 is 10.6 Å². The third-order valence-electron chi connectivity index (χ3n) is 6.45. The van der Waals surface area contributed by atoms with Crippen LogP contribution >= 0.6 is 0 Å². The summed E-state index contributed by atoms with van der Waals surface area (Å²) in [6.07, 6.45) is 6.18. The van der Waals surface area contributed by atoms with E-state index in [1.807, 2.05) is 4.90 Å². The average molecular weight is 305 g/mol. The molecule has 4 fully saturated rings. The van der Waals surface area contributed by atoms with E-state index in [1.54, 1.807) is 0 Å². The highest BCUT2D eigenvalue weighted by Gasteiger charge is 2.51. The Morgan fingerprint density at radius 2 is 2.23 bits per heavy atom. The lowest BCUT2D eigenvalue weighted by atomic mass is 9.67. The highest BCUT2D eigenvalue weighted by atomic mass is 16.2. The van der Waals surface area contributed by atoms with Crippen LogP contribution in [0.3, 0.4) is 0 Å². The Morgan fingerprint density at radius 3 is 3.00 bits per heavy atom.